The summed E-state index contributed by atoms with van der Waals surface area (Å²) in [7, 11) is 0. The molecule has 0 saturated heterocycles. The van der Waals surface area contributed by atoms with Crippen LogP contribution in [0, 0.1) is 0 Å². The number of hydrogen-bond acceptors (Lipinski definition) is 3. The second-order valence-corrected chi connectivity index (χ2v) is 1.75. The van der Waals surface area contributed by atoms with E-state index >= 15 is 0 Å². The predicted molar refractivity (Wildman–Crippen MR) is 37.9 cm³/mol. The second-order valence-electron chi connectivity index (χ2n) is 1.75. The van der Waals surface area contributed by atoms with Crippen LogP contribution < -0.4 is 5.90 Å². The van der Waals surface area contributed by atoms with E-state index in [4.69, 9.17) is 10.3 Å². The third-order valence-corrected chi connectivity index (χ3v) is 1.02. The molecule has 0 spiro atoms. The molecule has 3 nitrogen and oxygen atoms in total. The van der Waals surface area contributed by atoms with Crippen molar-refractivity contribution in [2.24, 2.45) is 5.90 Å². The zero-order chi connectivity index (χ0) is 7.23. The lowest BCUT2D eigenvalue weighted by Crippen LogP contribution is -1.96. The van der Waals surface area contributed by atoms with Crippen LogP contribution in [0.4, 0.5) is 0 Å². The van der Waals surface area contributed by atoms with Gasteiger partial charge in [0.2, 0.25) is 0 Å². The molecule has 0 bridgehead atoms. The van der Waals surface area contributed by atoms with Gasteiger partial charge in [-0.1, -0.05) is 6.08 Å². The molecular weight excluding hydrogens is 130 g/mol. The number of hydrogen-bond donors (Lipinski definition) is 1. The molecule has 0 radical (unpaired) electrons. The zero-order valence-corrected chi connectivity index (χ0v) is 5.49. The van der Waals surface area contributed by atoms with Gasteiger partial charge >= 0.3 is 0 Å². The summed E-state index contributed by atoms with van der Waals surface area (Å²) in [5, 5.41) is 0. The Bertz CT molecular complexity index is 191. The summed E-state index contributed by atoms with van der Waals surface area (Å²) in [6, 6.07) is 3.68. The highest BCUT2D eigenvalue weighted by Gasteiger charge is 1.84. The van der Waals surface area contributed by atoms with Crippen molar-refractivity contribution in [3.8, 4) is 0 Å². The van der Waals surface area contributed by atoms with E-state index in [1.54, 1.807) is 18.4 Å². The molecule has 1 heterocycles. The Kier molecular flexibility index (Phi) is 2.73. The van der Waals surface area contributed by atoms with Crippen LogP contribution in [0.3, 0.4) is 0 Å². The maximum absolute atomic E-state index is 5.00. The maximum atomic E-state index is 5.00. The van der Waals surface area contributed by atoms with Gasteiger partial charge in [0.25, 0.3) is 0 Å². The first-order valence-corrected chi connectivity index (χ1v) is 2.95. The van der Waals surface area contributed by atoms with Crippen molar-refractivity contribution >= 4 is 6.08 Å². The molecule has 10 heavy (non-hydrogen) atoms. The first-order valence-electron chi connectivity index (χ1n) is 2.95. The molecule has 0 atom stereocenters. The molecule has 0 unspecified atom stereocenters. The van der Waals surface area contributed by atoms with Gasteiger partial charge in [-0.2, -0.15) is 0 Å². The summed E-state index contributed by atoms with van der Waals surface area (Å²) in [6.45, 7) is 0.403. The molecule has 3 heteroatoms. The Morgan fingerprint density at radius 2 is 2.60 bits per heavy atom. The van der Waals surface area contributed by atoms with Gasteiger partial charge < -0.3 is 9.25 Å². The summed E-state index contributed by atoms with van der Waals surface area (Å²) < 4.78 is 5.00. The van der Waals surface area contributed by atoms with Crippen LogP contribution in [0.5, 0.6) is 0 Å². The van der Waals surface area contributed by atoms with Gasteiger partial charge in [0.05, 0.1) is 12.9 Å². The van der Waals surface area contributed by atoms with Crippen LogP contribution >= 0.6 is 0 Å². The number of nitrogens with two attached hydrogens (primary N) is 1. The van der Waals surface area contributed by atoms with Crippen molar-refractivity contribution in [3.05, 3.63) is 30.2 Å². The molecule has 0 amide bonds. The minimum Gasteiger partial charge on any atom is -0.465 e. The van der Waals surface area contributed by atoms with Crippen molar-refractivity contribution < 1.29 is 9.25 Å². The predicted octanol–water partition coefficient (Wildman–Crippen LogP) is 1.18. The second kappa shape index (κ2) is 3.87. The third kappa shape index (κ3) is 2.05. The topological polar surface area (TPSA) is 48.4 Å². The molecule has 0 saturated carbocycles. The molecule has 1 aromatic heterocycles. The van der Waals surface area contributed by atoms with E-state index < -0.39 is 0 Å². The molecular formula is C7H9NO2. The van der Waals surface area contributed by atoms with Crippen LogP contribution in [0.15, 0.2) is 28.9 Å². The van der Waals surface area contributed by atoms with Crippen molar-refractivity contribution in [1.29, 1.82) is 0 Å². The lowest BCUT2D eigenvalue weighted by atomic mass is 10.4. The first-order chi connectivity index (χ1) is 4.93. The fourth-order valence-corrected chi connectivity index (χ4v) is 0.606. The Labute approximate surface area is 59.0 Å². The van der Waals surface area contributed by atoms with Crippen LogP contribution in [-0.4, -0.2) is 6.61 Å². The molecule has 1 rings (SSSR count). The normalized spacial score (nSPS) is 10.9. The first kappa shape index (κ1) is 7.05. The standard InChI is InChI=1S/C7H9NO2/c8-10-6-2-4-7-3-1-5-9-7/h1-5H,6,8H2/b4-2+. The summed E-state index contributed by atoms with van der Waals surface area (Å²) in [6.07, 6.45) is 5.19. The van der Waals surface area contributed by atoms with E-state index in [2.05, 4.69) is 4.84 Å². The summed E-state index contributed by atoms with van der Waals surface area (Å²) in [5.41, 5.74) is 0. The quantitative estimate of drug-likeness (QED) is 0.640. The Morgan fingerprint density at radius 3 is 3.20 bits per heavy atom. The summed E-state index contributed by atoms with van der Waals surface area (Å²) in [5.74, 6) is 5.59. The van der Waals surface area contributed by atoms with Crippen molar-refractivity contribution in [2.75, 3.05) is 6.61 Å². The largest absolute Gasteiger partial charge is 0.465 e. The molecule has 0 aliphatic heterocycles. The van der Waals surface area contributed by atoms with Gasteiger partial charge in [-0.15, -0.1) is 0 Å². The molecule has 0 aliphatic carbocycles. The molecule has 0 fully saturated rings. The lowest BCUT2D eigenvalue weighted by molar-refractivity contribution is 0.168. The van der Waals surface area contributed by atoms with Crippen molar-refractivity contribution in [1.82, 2.24) is 0 Å². The Morgan fingerprint density at radius 1 is 1.70 bits per heavy atom. The molecule has 0 aliphatic rings. The average molecular weight is 139 g/mol. The number of furan rings is 1. The smallest absolute Gasteiger partial charge is 0.126 e. The van der Waals surface area contributed by atoms with E-state index in [1.807, 2.05) is 12.1 Å². The number of rotatable bonds is 3. The van der Waals surface area contributed by atoms with Gasteiger partial charge in [-0.05, 0) is 18.2 Å². The van der Waals surface area contributed by atoms with Gasteiger partial charge in [0.1, 0.15) is 5.76 Å². The van der Waals surface area contributed by atoms with E-state index in [-0.39, 0.29) is 0 Å². The van der Waals surface area contributed by atoms with Crippen molar-refractivity contribution in [3.63, 3.8) is 0 Å². The maximum Gasteiger partial charge on any atom is 0.126 e. The van der Waals surface area contributed by atoms with Crippen molar-refractivity contribution in [2.45, 2.75) is 0 Å². The zero-order valence-electron chi connectivity index (χ0n) is 5.49. The highest BCUT2D eigenvalue weighted by Crippen LogP contribution is 2.01. The minimum absolute atomic E-state index is 0.403. The molecule has 2 N–H and O–H groups in total. The van der Waals surface area contributed by atoms with Crippen LogP contribution in [0.2, 0.25) is 0 Å². The van der Waals surface area contributed by atoms with Crippen LogP contribution in [0.25, 0.3) is 6.08 Å². The van der Waals surface area contributed by atoms with E-state index in [9.17, 15) is 0 Å². The average Bonchev–Trinajstić information content (AvgIpc) is 2.41. The fourth-order valence-electron chi connectivity index (χ4n) is 0.606. The van der Waals surface area contributed by atoms with Gasteiger partial charge in [-0.25, -0.2) is 5.90 Å². The Hall–Kier alpha value is -1.06. The summed E-state index contributed by atoms with van der Waals surface area (Å²) >= 11 is 0. The minimum atomic E-state index is 0.403. The molecule has 0 aromatic carbocycles. The Balaban J connectivity index is 2.40. The molecule has 1 aromatic rings. The van der Waals surface area contributed by atoms with Gasteiger partial charge in [0, 0.05) is 0 Å². The fraction of sp³-hybridized carbons (Fsp3) is 0.143. The molecule has 54 valence electrons. The van der Waals surface area contributed by atoms with E-state index in [1.165, 1.54) is 0 Å². The third-order valence-electron chi connectivity index (χ3n) is 1.02. The van der Waals surface area contributed by atoms with E-state index in [0.29, 0.717) is 6.61 Å². The highest BCUT2D eigenvalue weighted by atomic mass is 16.6. The van der Waals surface area contributed by atoms with Crippen LogP contribution in [-0.2, 0) is 4.84 Å². The van der Waals surface area contributed by atoms with E-state index in [0.717, 1.165) is 5.76 Å². The highest BCUT2D eigenvalue weighted by molar-refractivity contribution is 5.41. The van der Waals surface area contributed by atoms with Crippen LogP contribution in [0.1, 0.15) is 5.76 Å². The SMILES string of the molecule is NOC/C=C/c1ccco1. The van der Waals surface area contributed by atoms with Gasteiger partial charge in [-0.3, -0.25) is 0 Å². The van der Waals surface area contributed by atoms with Gasteiger partial charge in [0.15, 0.2) is 0 Å². The monoisotopic (exact) mass is 139 g/mol. The lowest BCUT2D eigenvalue weighted by Gasteiger charge is -1.85. The summed E-state index contributed by atoms with van der Waals surface area (Å²) in [4.78, 5) is 4.31.